The molecule has 2 rings (SSSR count). The fraction of sp³-hybridized carbons (Fsp3) is 0.143. The first-order chi connectivity index (χ1) is 9.36. The third-order valence-corrected chi connectivity index (χ3v) is 4.27. The maximum absolute atomic E-state index is 13.1. The molecule has 0 heterocycles. The van der Waals surface area contributed by atoms with Crippen molar-refractivity contribution in [2.24, 2.45) is 0 Å². The highest BCUT2D eigenvalue weighted by atomic mass is 35.5. The van der Waals surface area contributed by atoms with Gasteiger partial charge in [-0.3, -0.25) is 0 Å². The molecule has 0 aliphatic carbocycles. The van der Waals surface area contributed by atoms with E-state index in [1.807, 2.05) is 0 Å². The van der Waals surface area contributed by atoms with Gasteiger partial charge in [0.15, 0.2) is 9.84 Å². The Balaban J connectivity index is 2.10. The van der Waals surface area contributed by atoms with Crippen molar-refractivity contribution in [3.63, 3.8) is 0 Å². The minimum atomic E-state index is -3.20. The first kappa shape index (κ1) is 14.8. The van der Waals surface area contributed by atoms with Crippen LogP contribution < -0.4 is 5.32 Å². The van der Waals surface area contributed by atoms with Gasteiger partial charge in [-0.15, -0.1) is 0 Å². The molecule has 0 saturated heterocycles. The van der Waals surface area contributed by atoms with Gasteiger partial charge < -0.3 is 5.32 Å². The smallest absolute Gasteiger partial charge is 0.175 e. The zero-order chi connectivity index (χ0) is 14.8. The summed E-state index contributed by atoms with van der Waals surface area (Å²) in [6.07, 6.45) is 1.15. The average Bonchev–Trinajstić information content (AvgIpc) is 2.39. The van der Waals surface area contributed by atoms with Crippen LogP contribution in [0.15, 0.2) is 47.4 Å². The summed E-state index contributed by atoms with van der Waals surface area (Å²) in [5.74, 6) is -0.348. The fourth-order valence-corrected chi connectivity index (χ4v) is 2.51. The van der Waals surface area contributed by atoms with Crippen molar-refractivity contribution in [2.75, 3.05) is 11.6 Å². The lowest BCUT2D eigenvalue weighted by Crippen LogP contribution is -2.02. The molecule has 20 heavy (non-hydrogen) atoms. The van der Waals surface area contributed by atoms with Gasteiger partial charge in [0, 0.05) is 23.5 Å². The second-order valence-corrected chi connectivity index (χ2v) is 6.81. The molecule has 0 aliphatic rings. The Bertz CT molecular complexity index is 714. The number of sulfone groups is 1. The number of halogens is 2. The third-order valence-electron chi connectivity index (χ3n) is 2.77. The average molecular weight is 314 g/mol. The Morgan fingerprint density at radius 1 is 1.15 bits per heavy atom. The summed E-state index contributed by atoms with van der Waals surface area (Å²) in [6, 6.07) is 10.5. The number of hydrogen-bond donors (Lipinski definition) is 1. The van der Waals surface area contributed by atoms with Gasteiger partial charge in [0.2, 0.25) is 0 Å². The van der Waals surface area contributed by atoms with Crippen LogP contribution in [-0.4, -0.2) is 14.7 Å². The normalized spacial score (nSPS) is 11.3. The van der Waals surface area contributed by atoms with Gasteiger partial charge >= 0.3 is 0 Å². The molecule has 106 valence electrons. The van der Waals surface area contributed by atoms with Crippen LogP contribution in [0.4, 0.5) is 10.1 Å². The molecule has 0 bridgehead atoms. The summed E-state index contributed by atoms with van der Waals surface area (Å²) in [7, 11) is -3.20. The van der Waals surface area contributed by atoms with Crippen LogP contribution in [0.3, 0.4) is 0 Å². The van der Waals surface area contributed by atoms with Crippen LogP contribution >= 0.6 is 11.6 Å². The molecular formula is C14H13ClFNO2S. The Morgan fingerprint density at radius 2 is 1.80 bits per heavy atom. The number of anilines is 1. The van der Waals surface area contributed by atoms with E-state index in [0.717, 1.165) is 11.9 Å². The first-order valence-electron chi connectivity index (χ1n) is 5.84. The van der Waals surface area contributed by atoms with Crippen LogP contribution in [0.25, 0.3) is 0 Å². The highest BCUT2D eigenvalue weighted by molar-refractivity contribution is 7.90. The number of hydrogen-bond acceptors (Lipinski definition) is 3. The summed E-state index contributed by atoms with van der Waals surface area (Å²) >= 11 is 5.96. The first-order valence-corrected chi connectivity index (χ1v) is 8.11. The van der Waals surface area contributed by atoms with Gasteiger partial charge in [-0.2, -0.15) is 0 Å². The quantitative estimate of drug-likeness (QED) is 0.939. The van der Waals surface area contributed by atoms with Crippen molar-refractivity contribution in [2.45, 2.75) is 11.4 Å². The van der Waals surface area contributed by atoms with E-state index in [1.54, 1.807) is 12.1 Å². The number of nitrogens with one attached hydrogen (secondary N) is 1. The maximum atomic E-state index is 13.1. The summed E-state index contributed by atoms with van der Waals surface area (Å²) in [5.41, 5.74) is 1.37. The van der Waals surface area contributed by atoms with Gasteiger partial charge in [0.25, 0.3) is 0 Å². The minimum absolute atomic E-state index is 0.256. The largest absolute Gasteiger partial charge is 0.381 e. The Morgan fingerprint density at radius 3 is 2.40 bits per heavy atom. The van der Waals surface area contributed by atoms with E-state index in [9.17, 15) is 12.8 Å². The standard InChI is InChI=1S/C14H13ClFNO2S/c1-20(18,19)13-5-3-12(4-6-13)17-9-10-8-11(16)2-7-14(10)15/h2-8,17H,9H2,1H3. The van der Waals surface area contributed by atoms with E-state index in [0.29, 0.717) is 17.1 Å². The second-order valence-electron chi connectivity index (χ2n) is 4.39. The van der Waals surface area contributed by atoms with Crippen molar-refractivity contribution in [1.29, 1.82) is 0 Å². The number of rotatable bonds is 4. The molecule has 2 aromatic rings. The van der Waals surface area contributed by atoms with Crippen molar-refractivity contribution >= 4 is 27.1 Å². The lowest BCUT2D eigenvalue weighted by molar-refractivity contribution is 0.602. The lowest BCUT2D eigenvalue weighted by atomic mass is 10.2. The van der Waals surface area contributed by atoms with Crippen molar-refractivity contribution < 1.29 is 12.8 Å². The van der Waals surface area contributed by atoms with E-state index in [4.69, 9.17) is 11.6 Å². The van der Waals surface area contributed by atoms with Crippen LogP contribution in [0.5, 0.6) is 0 Å². The lowest BCUT2D eigenvalue weighted by Gasteiger charge is -2.09. The molecule has 0 unspecified atom stereocenters. The molecule has 0 spiro atoms. The molecule has 0 amide bonds. The molecule has 0 aromatic heterocycles. The third kappa shape index (κ3) is 3.71. The summed E-state index contributed by atoms with van der Waals surface area (Å²) in [4.78, 5) is 0.256. The topological polar surface area (TPSA) is 46.2 Å². The van der Waals surface area contributed by atoms with Gasteiger partial charge in [-0.1, -0.05) is 11.6 Å². The molecule has 0 aliphatic heterocycles. The van der Waals surface area contributed by atoms with Crippen LogP contribution in [0.1, 0.15) is 5.56 Å². The number of benzene rings is 2. The van der Waals surface area contributed by atoms with Gasteiger partial charge in [-0.25, -0.2) is 12.8 Å². The van der Waals surface area contributed by atoms with E-state index < -0.39 is 9.84 Å². The monoisotopic (exact) mass is 313 g/mol. The second kappa shape index (κ2) is 5.81. The molecule has 6 heteroatoms. The van der Waals surface area contributed by atoms with Gasteiger partial charge in [0.05, 0.1) is 4.90 Å². The summed E-state index contributed by atoms with van der Waals surface area (Å²) < 4.78 is 35.8. The molecule has 1 N–H and O–H groups in total. The van der Waals surface area contributed by atoms with Crippen LogP contribution in [0, 0.1) is 5.82 Å². The zero-order valence-electron chi connectivity index (χ0n) is 10.7. The van der Waals surface area contributed by atoms with Gasteiger partial charge in [0.1, 0.15) is 5.82 Å². The van der Waals surface area contributed by atoms with Crippen molar-refractivity contribution in [3.8, 4) is 0 Å². The molecular weight excluding hydrogens is 301 g/mol. The highest BCUT2D eigenvalue weighted by Gasteiger charge is 2.06. The summed E-state index contributed by atoms with van der Waals surface area (Å²) in [5, 5.41) is 3.54. The van der Waals surface area contributed by atoms with Crippen molar-refractivity contribution in [1.82, 2.24) is 0 Å². The Kier molecular flexibility index (Phi) is 4.30. The fourth-order valence-electron chi connectivity index (χ4n) is 1.70. The van der Waals surface area contributed by atoms with Crippen LogP contribution in [-0.2, 0) is 16.4 Å². The molecule has 3 nitrogen and oxygen atoms in total. The zero-order valence-corrected chi connectivity index (χ0v) is 12.3. The van der Waals surface area contributed by atoms with E-state index >= 15 is 0 Å². The Hall–Kier alpha value is -1.59. The molecule has 0 atom stereocenters. The molecule has 0 radical (unpaired) electrons. The highest BCUT2D eigenvalue weighted by Crippen LogP contribution is 2.19. The summed E-state index contributed by atoms with van der Waals surface area (Å²) in [6.45, 7) is 0.356. The predicted molar refractivity (Wildman–Crippen MR) is 78.3 cm³/mol. The molecule has 0 saturated carbocycles. The SMILES string of the molecule is CS(=O)(=O)c1ccc(NCc2cc(F)ccc2Cl)cc1. The van der Waals surface area contributed by atoms with Crippen LogP contribution in [0.2, 0.25) is 5.02 Å². The van der Waals surface area contributed by atoms with E-state index in [-0.39, 0.29) is 10.7 Å². The maximum Gasteiger partial charge on any atom is 0.175 e. The molecule has 0 fully saturated rings. The van der Waals surface area contributed by atoms with E-state index in [2.05, 4.69) is 5.32 Å². The van der Waals surface area contributed by atoms with Gasteiger partial charge in [-0.05, 0) is 48.0 Å². The van der Waals surface area contributed by atoms with Crippen molar-refractivity contribution in [3.05, 3.63) is 58.9 Å². The minimum Gasteiger partial charge on any atom is -0.381 e. The Labute approximate surface area is 122 Å². The predicted octanol–water partition coefficient (Wildman–Crippen LogP) is 3.49. The van der Waals surface area contributed by atoms with E-state index in [1.165, 1.54) is 30.3 Å². The molecule has 2 aromatic carbocycles.